The van der Waals surface area contributed by atoms with E-state index in [4.69, 9.17) is 11.6 Å². The van der Waals surface area contributed by atoms with E-state index in [0.717, 1.165) is 35.3 Å². The van der Waals surface area contributed by atoms with Crippen molar-refractivity contribution >= 4 is 28.5 Å². The summed E-state index contributed by atoms with van der Waals surface area (Å²) in [7, 11) is 3.65. The fourth-order valence-electron chi connectivity index (χ4n) is 3.05. The number of aromatic amines is 1. The summed E-state index contributed by atoms with van der Waals surface area (Å²) in [6.45, 7) is 0.530. The Bertz CT molecular complexity index is 923. The number of rotatable bonds is 7. The molecule has 0 spiro atoms. The van der Waals surface area contributed by atoms with Gasteiger partial charge < -0.3 is 10.3 Å². The number of aryl methyl sites for hydroxylation is 1. The lowest BCUT2D eigenvalue weighted by Gasteiger charge is -2.23. The molecule has 0 fully saturated rings. The van der Waals surface area contributed by atoms with Crippen molar-refractivity contribution in [1.29, 1.82) is 0 Å². The van der Waals surface area contributed by atoms with Gasteiger partial charge in [-0.25, -0.2) is 9.37 Å². The van der Waals surface area contributed by atoms with Gasteiger partial charge in [0.05, 0.1) is 11.0 Å². The Labute approximate surface area is 162 Å². The molecule has 0 bridgehead atoms. The van der Waals surface area contributed by atoms with E-state index >= 15 is 0 Å². The minimum atomic E-state index is -0.459. The zero-order valence-electron chi connectivity index (χ0n) is 15.3. The number of carbonyl (C=O) groups excluding carboxylic acids is 1. The Balaban J connectivity index is 1.54. The lowest BCUT2D eigenvalue weighted by atomic mass is 10.1. The van der Waals surface area contributed by atoms with Gasteiger partial charge >= 0.3 is 0 Å². The molecule has 3 aromatic rings. The van der Waals surface area contributed by atoms with E-state index in [1.54, 1.807) is 12.1 Å². The third-order valence-corrected chi connectivity index (χ3v) is 4.57. The Hall–Kier alpha value is -2.44. The summed E-state index contributed by atoms with van der Waals surface area (Å²) in [5.41, 5.74) is 2.54. The number of nitrogens with one attached hydrogen (secondary N) is 2. The van der Waals surface area contributed by atoms with Crippen LogP contribution >= 0.6 is 11.6 Å². The molecule has 1 atom stereocenters. The molecule has 2 N–H and O–H groups in total. The van der Waals surface area contributed by atoms with E-state index in [1.165, 1.54) is 12.1 Å². The Morgan fingerprint density at radius 2 is 2.00 bits per heavy atom. The van der Waals surface area contributed by atoms with Crippen molar-refractivity contribution in [2.24, 2.45) is 0 Å². The lowest BCUT2D eigenvalue weighted by molar-refractivity contribution is -0.125. The number of H-pyrrole nitrogens is 1. The predicted molar refractivity (Wildman–Crippen MR) is 105 cm³/mol. The molecule has 0 aliphatic carbocycles. The van der Waals surface area contributed by atoms with Crippen LogP contribution < -0.4 is 5.32 Å². The molecule has 0 saturated carbocycles. The van der Waals surface area contributed by atoms with E-state index in [2.05, 4.69) is 15.3 Å². The number of aromatic nitrogens is 2. The van der Waals surface area contributed by atoms with Gasteiger partial charge in [0.2, 0.25) is 5.91 Å². The second-order valence-corrected chi connectivity index (χ2v) is 7.09. The van der Waals surface area contributed by atoms with E-state index in [9.17, 15) is 9.18 Å². The number of likely N-dealkylation sites (N-methyl/N-ethyl adjacent to an activating group) is 1. The van der Waals surface area contributed by atoms with Crippen LogP contribution in [0.4, 0.5) is 4.39 Å². The molecule has 1 heterocycles. The number of fused-ring (bicyclic) bond motifs is 1. The quantitative estimate of drug-likeness (QED) is 0.606. The average Bonchev–Trinajstić information content (AvgIpc) is 3.02. The van der Waals surface area contributed by atoms with Crippen LogP contribution in [-0.4, -0.2) is 41.4 Å². The van der Waals surface area contributed by atoms with Gasteiger partial charge in [0, 0.05) is 18.0 Å². The topological polar surface area (TPSA) is 61.0 Å². The molecule has 1 aromatic heterocycles. The fourth-order valence-corrected chi connectivity index (χ4v) is 3.22. The average molecular weight is 389 g/mol. The largest absolute Gasteiger partial charge is 0.354 e. The first-order chi connectivity index (χ1) is 12.9. The molecule has 0 aliphatic heterocycles. The van der Waals surface area contributed by atoms with Gasteiger partial charge in [-0.15, -0.1) is 0 Å². The van der Waals surface area contributed by atoms with Crippen LogP contribution in [0, 0.1) is 5.82 Å². The van der Waals surface area contributed by atoms with Crippen molar-refractivity contribution in [3.63, 3.8) is 0 Å². The van der Waals surface area contributed by atoms with Crippen molar-refractivity contribution in [1.82, 2.24) is 20.2 Å². The van der Waals surface area contributed by atoms with Crippen LogP contribution in [0.2, 0.25) is 5.02 Å². The van der Waals surface area contributed by atoms with Gasteiger partial charge in [0.15, 0.2) is 0 Å². The zero-order chi connectivity index (χ0) is 19.4. The van der Waals surface area contributed by atoms with Crippen LogP contribution in [-0.2, 0) is 11.2 Å². The van der Waals surface area contributed by atoms with Crippen molar-refractivity contribution in [3.05, 3.63) is 64.7 Å². The highest BCUT2D eigenvalue weighted by atomic mass is 35.5. The summed E-state index contributed by atoms with van der Waals surface area (Å²) in [5, 5.41) is 3.62. The number of hydrogen-bond donors (Lipinski definition) is 2. The van der Waals surface area contributed by atoms with Crippen LogP contribution in [0.3, 0.4) is 0 Å². The van der Waals surface area contributed by atoms with Gasteiger partial charge in [0.1, 0.15) is 17.7 Å². The first-order valence-electron chi connectivity index (χ1n) is 8.78. The van der Waals surface area contributed by atoms with E-state index in [0.29, 0.717) is 11.6 Å². The second kappa shape index (κ2) is 8.50. The summed E-state index contributed by atoms with van der Waals surface area (Å²) in [6, 6.07) is 11.1. The molecule has 0 unspecified atom stereocenters. The summed E-state index contributed by atoms with van der Waals surface area (Å²) < 4.78 is 13.1. The zero-order valence-corrected chi connectivity index (χ0v) is 16.1. The van der Waals surface area contributed by atoms with Crippen LogP contribution in [0.15, 0.2) is 42.5 Å². The number of halogens is 2. The maximum absolute atomic E-state index is 13.1. The number of amides is 1. The number of carbonyl (C=O) groups is 1. The summed E-state index contributed by atoms with van der Waals surface area (Å²) >= 11 is 5.98. The van der Waals surface area contributed by atoms with Crippen molar-refractivity contribution in [2.45, 2.75) is 18.9 Å². The first-order valence-corrected chi connectivity index (χ1v) is 9.15. The number of imidazole rings is 1. The predicted octanol–water partition coefficient (Wildman–Crippen LogP) is 3.71. The monoisotopic (exact) mass is 388 g/mol. The number of nitrogens with zero attached hydrogens (tertiary/aromatic N) is 2. The van der Waals surface area contributed by atoms with E-state index in [1.807, 2.05) is 37.2 Å². The highest BCUT2D eigenvalue weighted by molar-refractivity contribution is 6.31. The van der Waals surface area contributed by atoms with Crippen molar-refractivity contribution < 1.29 is 9.18 Å². The Morgan fingerprint density at radius 3 is 2.70 bits per heavy atom. The Morgan fingerprint density at radius 1 is 1.26 bits per heavy atom. The molecule has 0 radical (unpaired) electrons. The molecule has 0 aliphatic rings. The molecular weight excluding hydrogens is 367 g/mol. The van der Waals surface area contributed by atoms with Crippen molar-refractivity contribution in [2.75, 3.05) is 20.6 Å². The van der Waals surface area contributed by atoms with Gasteiger partial charge in [-0.1, -0.05) is 23.7 Å². The van der Waals surface area contributed by atoms with Crippen molar-refractivity contribution in [3.8, 4) is 0 Å². The molecule has 27 heavy (non-hydrogen) atoms. The molecule has 2 aromatic carbocycles. The molecule has 0 saturated heterocycles. The normalized spacial score (nSPS) is 12.5. The second-order valence-electron chi connectivity index (χ2n) is 6.66. The number of benzene rings is 2. The summed E-state index contributed by atoms with van der Waals surface area (Å²) in [4.78, 5) is 22.1. The fraction of sp³-hybridized carbons (Fsp3) is 0.300. The van der Waals surface area contributed by atoms with E-state index < -0.39 is 6.04 Å². The van der Waals surface area contributed by atoms with Gasteiger partial charge in [-0.2, -0.15) is 0 Å². The first kappa shape index (κ1) is 19.3. The standard InChI is InChI=1S/C20H22ClFN4O/c1-26(2)19(13-5-8-15(22)9-6-13)20(27)23-11-3-4-18-24-16-10-7-14(21)12-17(16)25-18/h5-10,12,19H,3-4,11H2,1-2H3,(H,23,27)(H,24,25)/t19-/m0/s1. The van der Waals surface area contributed by atoms with E-state index in [-0.39, 0.29) is 11.7 Å². The van der Waals surface area contributed by atoms with Gasteiger partial charge in [-0.3, -0.25) is 9.69 Å². The summed E-state index contributed by atoms with van der Waals surface area (Å²) in [5.74, 6) is 0.441. The van der Waals surface area contributed by atoms with Crippen LogP contribution in [0.5, 0.6) is 0 Å². The highest BCUT2D eigenvalue weighted by Crippen LogP contribution is 2.19. The number of hydrogen-bond acceptors (Lipinski definition) is 3. The molecule has 7 heteroatoms. The lowest BCUT2D eigenvalue weighted by Crippen LogP contribution is -2.37. The molecule has 142 valence electrons. The molecule has 5 nitrogen and oxygen atoms in total. The van der Waals surface area contributed by atoms with Crippen LogP contribution in [0.25, 0.3) is 11.0 Å². The van der Waals surface area contributed by atoms with Crippen LogP contribution in [0.1, 0.15) is 23.9 Å². The minimum Gasteiger partial charge on any atom is -0.354 e. The third-order valence-electron chi connectivity index (χ3n) is 4.33. The smallest absolute Gasteiger partial charge is 0.241 e. The van der Waals surface area contributed by atoms with Gasteiger partial charge in [0.25, 0.3) is 0 Å². The SMILES string of the molecule is CN(C)[C@H](C(=O)NCCCc1nc2ccc(Cl)cc2[nH]1)c1ccc(F)cc1. The molecular formula is C20H22ClFN4O. The van der Waals surface area contributed by atoms with Gasteiger partial charge in [-0.05, 0) is 56.4 Å². The summed E-state index contributed by atoms with van der Waals surface area (Å²) in [6.07, 6.45) is 1.47. The Kier molecular flexibility index (Phi) is 6.08. The maximum atomic E-state index is 13.1. The highest BCUT2D eigenvalue weighted by Gasteiger charge is 2.22. The maximum Gasteiger partial charge on any atom is 0.241 e. The third kappa shape index (κ3) is 4.84. The molecule has 3 rings (SSSR count). The molecule has 1 amide bonds. The minimum absolute atomic E-state index is 0.108.